The summed E-state index contributed by atoms with van der Waals surface area (Å²) in [6.45, 7) is 13.6. The van der Waals surface area contributed by atoms with Gasteiger partial charge in [0.2, 0.25) is 0 Å². The first kappa shape index (κ1) is 44.3. The smallest absolute Gasteiger partial charge is 0.432 e. The van der Waals surface area contributed by atoms with Crippen molar-refractivity contribution in [1.82, 2.24) is 0 Å². The largest absolute Gasteiger partial charge is 0.451 e. The summed E-state index contributed by atoms with van der Waals surface area (Å²) < 4.78 is 62.5. The number of carbonyl (C=O) groups is 3. The Kier molecular flexibility index (Phi) is 14.8. The third kappa shape index (κ3) is 9.58. The number of carbonyl (C=O) groups excluding carboxylic acids is 3. The average Bonchev–Trinajstić information content (AvgIpc) is 3.15. The summed E-state index contributed by atoms with van der Waals surface area (Å²) in [6.07, 6.45) is -0.354. The number of ketones is 2. The zero-order chi connectivity index (χ0) is 41.3. The van der Waals surface area contributed by atoms with Gasteiger partial charge in [-0.1, -0.05) is 156 Å². The highest BCUT2D eigenvalue weighted by atomic mass is 28.4. The van der Waals surface area contributed by atoms with Gasteiger partial charge in [0.15, 0.2) is 17.7 Å². The molecule has 0 aromatic heterocycles. The van der Waals surface area contributed by atoms with Gasteiger partial charge < -0.3 is 13.9 Å². The predicted octanol–water partition coefficient (Wildman–Crippen LogP) is 9.38. The van der Waals surface area contributed by atoms with Crippen LogP contribution in [0.15, 0.2) is 126 Å². The summed E-state index contributed by atoms with van der Waals surface area (Å²) in [5.74, 6) is -3.78. The molecule has 0 aliphatic heterocycles. The molecule has 0 fully saturated rings. The Balaban J connectivity index is 1.75. The van der Waals surface area contributed by atoms with Gasteiger partial charge in [0.1, 0.15) is 0 Å². The third-order valence-corrected chi connectivity index (χ3v) is 15.6. The first-order chi connectivity index (χ1) is 26.4. The van der Waals surface area contributed by atoms with Crippen LogP contribution in [0.3, 0.4) is 0 Å². The molecule has 56 heavy (non-hydrogen) atoms. The van der Waals surface area contributed by atoms with Crippen LogP contribution in [0.1, 0.15) is 79.7 Å². The summed E-state index contributed by atoms with van der Waals surface area (Å²) in [5.41, 5.74) is -2.28. The van der Waals surface area contributed by atoms with E-state index >= 15 is 0 Å². The number of allylic oxidation sites excluding steroid dienone is 4. The van der Waals surface area contributed by atoms with Crippen LogP contribution in [0.4, 0.5) is 13.2 Å². The predicted molar refractivity (Wildman–Crippen MR) is 217 cm³/mol. The highest BCUT2D eigenvalue weighted by Crippen LogP contribution is 2.44. The van der Waals surface area contributed by atoms with E-state index in [1.165, 1.54) is 18.2 Å². The Hall–Kier alpha value is -4.38. The van der Waals surface area contributed by atoms with E-state index < -0.39 is 49.4 Å². The third-order valence-electron chi connectivity index (χ3n) is 10.6. The molecule has 0 saturated carbocycles. The van der Waals surface area contributed by atoms with E-state index in [1.54, 1.807) is 32.9 Å². The number of ether oxygens (including phenoxy) is 2. The lowest BCUT2D eigenvalue weighted by Gasteiger charge is -2.43. The molecule has 0 spiro atoms. The second-order valence-corrected chi connectivity index (χ2v) is 20.2. The van der Waals surface area contributed by atoms with E-state index in [9.17, 15) is 27.6 Å². The van der Waals surface area contributed by atoms with Crippen LogP contribution < -0.4 is 10.4 Å². The molecule has 3 aromatic rings. The van der Waals surface area contributed by atoms with Crippen molar-refractivity contribution >= 4 is 36.2 Å². The molecular formula is C46H55F3O6Si. The Morgan fingerprint density at radius 3 is 1.86 bits per heavy atom. The van der Waals surface area contributed by atoms with Gasteiger partial charge in [-0.15, -0.1) is 0 Å². The lowest BCUT2D eigenvalue weighted by molar-refractivity contribution is -0.278. The van der Waals surface area contributed by atoms with Crippen molar-refractivity contribution in [2.24, 2.45) is 11.8 Å². The lowest BCUT2D eigenvalue weighted by atomic mass is 9.86. The van der Waals surface area contributed by atoms with Crippen molar-refractivity contribution in [1.29, 1.82) is 0 Å². The summed E-state index contributed by atoms with van der Waals surface area (Å²) in [5, 5.41) is 1.80. The standard InChI is InChI=1S/C46H55F3O6Si/c1-32(2)39-29-27-33(3)19-18-20-35(31-54-56(44(5,6)7,37-23-14-10-15-24-37)38-25-16-11-17-26-38)40(50)30-28-34(4)42(41(39)51)55-43(52)45(53-8,46(47,48)49)36-21-12-9-13-22-36/h9-17,20-27,29,32,34,42H,18-19,28,30-31H2,1-8H3/b33-27-,35-20-,39-29+/t34-,42?,45+/m1/s1. The van der Waals surface area contributed by atoms with Gasteiger partial charge in [-0.2, -0.15) is 13.2 Å². The van der Waals surface area contributed by atoms with E-state index in [4.69, 9.17) is 13.9 Å². The van der Waals surface area contributed by atoms with Crippen molar-refractivity contribution in [2.75, 3.05) is 13.7 Å². The molecule has 10 heteroatoms. The first-order valence-corrected chi connectivity index (χ1v) is 21.1. The first-order valence-electron chi connectivity index (χ1n) is 19.2. The quantitative estimate of drug-likeness (QED) is 0.151. The fourth-order valence-electron chi connectivity index (χ4n) is 7.40. The molecule has 0 saturated heterocycles. The zero-order valence-corrected chi connectivity index (χ0v) is 34.7. The maximum absolute atomic E-state index is 14.9. The highest BCUT2D eigenvalue weighted by molar-refractivity contribution is 6.99. The Labute approximate surface area is 331 Å². The van der Waals surface area contributed by atoms with Crippen molar-refractivity contribution in [2.45, 2.75) is 97.1 Å². The van der Waals surface area contributed by atoms with Gasteiger partial charge in [0, 0.05) is 36.2 Å². The normalized spacial score (nSPS) is 22.1. The molecule has 0 amide bonds. The van der Waals surface area contributed by atoms with Gasteiger partial charge in [-0.05, 0) is 47.5 Å². The second-order valence-electron chi connectivity index (χ2n) is 15.9. The Morgan fingerprint density at radius 2 is 1.38 bits per heavy atom. The number of hydrogen-bond donors (Lipinski definition) is 0. The maximum Gasteiger partial charge on any atom is 0.432 e. The molecule has 0 heterocycles. The van der Waals surface area contributed by atoms with Crippen molar-refractivity contribution in [3.8, 4) is 0 Å². The second kappa shape index (κ2) is 18.7. The fourth-order valence-corrected chi connectivity index (χ4v) is 11.9. The molecule has 1 aliphatic rings. The molecule has 1 aliphatic carbocycles. The van der Waals surface area contributed by atoms with Crippen molar-refractivity contribution < 1.29 is 41.5 Å². The van der Waals surface area contributed by atoms with Crippen LogP contribution in [0.25, 0.3) is 0 Å². The van der Waals surface area contributed by atoms with E-state index in [-0.39, 0.29) is 36.2 Å². The van der Waals surface area contributed by atoms with Gasteiger partial charge in [-0.25, -0.2) is 4.79 Å². The number of halogens is 3. The Morgan fingerprint density at radius 1 is 0.839 bits per heavy atom. The Bertz CT molecular complexity index is 1860. The molecule has 6 nitrogen and oxygen atoms in total. The van der Waals surface area contributed by atoms with Gasteiger partial charge in [-0.3, -0.25) is 9.59 Å². The van der Waals surface area contributed by atoms with Gasteiger partial charge in [0.05, 0.1) is 6.61 Å². The van der Waals surface area contributed by atoms with Crippen LogP contribution in [0, 0.1) is 11.8 Å². The molecular weight excluding hydrogens is 734 g/mol. The van der Waals surface area contributed by atoms with Crippen LogP contribution in [-0.2, 0) is 33.9 Å². The number of methoxy groups -OCH3 is 1. The molecule has 0 radical (unpaired) electrons. The van der Waals surface area contributed by atoms with Crippen LogP contribution in [-0.4, -0.2) is 51.9 Å². The maximum atomic E-state index is 14.9. The zero-order valence-electron chi connectivity index (χ0n) is 33.7. The van der Waals surface area contributed by atoms with Crippen molar-refractivity contribution in [3.63, 3.8) is 0 Å². The molecule has 3 aromatic carbocycles. The molecule has 0 bridgehead atoms. The SMILES string of the molecule is CO[C@](C(=O)OC1C(=O)/C(C(C)C)=C/C=C(/C)CC/C=C(/CO[Si](c2ccccc2)(c2ccccc2)C(C)(C)C)C(=O)CC[C@H]1C)(c1ccccc1)C(F)(F)F. The minimum absolute atomic E-state index is 0.0387. The number of esters is 1. The highest BCUT2D eigenvalue weighted by Gasteiger charge is 2.64. The number of benzene rings is 3. The van der Waals surface area contributed by atoms with Crippen LogP contribution in [0.2, 0.25) is 5.04 Å². The monoisotopic (exact) mass is 788 g/mol. The van der Waals surface area contributed by atoms with Crippen LogP contribution in [0.5, 0.6) is 0 Å². The average molecular weight is 789 g/mol. The summed E-state index contributed by atoms with van der Waals surface area (Å²) >= 11 is 0. The lowest BCUT2D eigenvalue weighted by Crippen LogP contribution is -2.66. The number of alkyl halides is 3. The van der Waals surface area contributed by atoms with Crippen LogP contribution >= 0.6 is 0 Å². The number of rotatable bonds is 10. The van der Waals surface area contributed by atoms with E-state index in [0.29, 0.717) is 24.0 Å². The fraction of sp³-hybridized carbons (Fsp3) is 0.413. The molecule has 0 N–H and O–H groups in total. The summed E-state index contributed by atoms with van der Waals surface area (Å²) in [7, 11) is -2.23. The van der Waals surface area contributed by atoms with E-state index in [0.717, 1.165) is 35.2 Å². The minimum Gasteiger partial charge on any atom is -0.451 e. The molecule has 300 valence electrons. The summed E-state index contributed by atoms with van der Waals surface area (Å²) in [6, 6.07) is 26.7. The van der Waals surface area contributed by atoms with E-state index in [2.05, 4.69) is 45.0 Å². The van der Waals surface area contributed by atoms with Gasteiger partial charge in [0.25, 0.3) is 13.9 Å². The number of Topliss-reactive ketones (excluding diaryl/α,β-unsaturated/α-hetero) is 2. The minimum atomic E-state index is -5.23. The van der Waals surface area contributed by atoms with Crippen molar-refractivity contribution in [3.05, 3.63) is 132 Å². The molecule has 1 unspecified atom stereocenters. The van der Waals surface area contributed by atoms with Gasteiger partial charge >= 0.3 is 12.1 Å². The topological polar surface area (TPSA) is 78.9 Å². The summed E-state index contributed by atoms with van der Waals surface area (Å²) in [4.78, 5) is 42.4. The molecule has 3 atom stereocenters. The number of hydrogen-bond acceptors (Lipinski definition) is 6. The van der Waals surface area contributed by atoms with E-state index in [1.807, 2.05) is 49.4 Å². The molecule has 4 rings (SSSR count).